The van der Waals surface area contributed by atoms with Crippen molar-refractivity contribution in [1.82, 2.24) is 4.98 Å². The average Bonchev–Trinajstić information content (AvgIpc) is 2.35. The van der Waals surface area contributed by atoms with Gasteiger partial charge in [0.25, 0.3) is 0 Å². The zero-order valence-electron chi connectivity index (χ0n) is 9.88. The Morgan fingerprint density at radius 2 is 1.83 bits per heavy atom. The summed E-state index contributed by atoms with van der Waals surface area (Å²) < 4.78 is 26.0. The van der Waals surface area contributed by atoms with Crippen molar-refractivity contribution < 1.29 is 8.78 Å². The molecule has 0 aliphatic heterocycles. The highest BCUT2D eigenvalue weighted by Crippen LogP contribution is 2.28. The van der Waals surface area contributed by atoms with E-state index < -0.39 is 11.8 Å². The summed E-state index contributed by atoms with van der Waals surface area (Å²) in [5.41, 5.74) is 2.33. The van der Waals surface area contributed by atoms with E-state index in [1.807, 2.05) is 24.3 Å². The number of aromatic nitrogens is 1. The molecule has 0 N–H and O–H groups in total. The minimum absolute atomic E-state index is 0.0304. The molecule has 0 atom stereocenters. The predicted octanol–water partition coefficient (Wildman–Crippen LogP) is 4.63. The molecule has 0 fully saturated rings. The molecule has 0 aliphatic rings. The van der Waals surface area contributed by atoms with Gasteiger partial charge in [-0.25, -0.2) is 9.37 Å². The van der Waals surface area contributed by atoms with Gasteiger partial charge in [0.2, 0.25) is 5.95 Å². The van der Waals surface area contributed by atoms with Gasteiger partial charge in [-0.2, -0.15) is 4.39 Å². The summed E-state index contributed by atoms with van der Waals surface area (Å²) in [5, 5.41) is -0.0304. The summed E-state index contributed by atoms with van der Waals surface area (Å²) in [6.45, 7) is 2.10. The highest BCUT2D eigenvalue weighted by molar-refractivity contribution is 6.32. The number of hydrogen-bond acceptors (Lipinski definition) is 1. The first-order chi connectivity index (χ1) is 8.61. The molecule has 1 heterocycles. The molecule has 2 rings (SSSR count). The Kier molecular flexibility index (Phi) is 3.92. The van der Waals surface area contributed by atoms with Crippen LogP contribution in [0.25, 0.3) is 11.1 Å². The number of pyridine rings is 1. The number of nitrogens with zero attached hydrogens (tertiary/aromatic N) is 1. The molecular weight excluding hydrogens is 256 g/mol. The van der Waals surface area contributed by atoms with Gasteiger partial charge in [-0.15, -0.1) is 0 Å². The van der Waals surface area contributed by atoms with Crippen molar-refractivity contribution in [3.8, 4) is 11.1 Å². The molecule has 0 radical (unpaired) electrons. The Hall–Kier alpha value is -1.48. The smallest absolute Gasteiger partial charge is 0.205 e. The van der Waals surface area contributed by atoms with E-state index >= 15 is 0 Å². The first kappa shape index (κ1) is 13.0. The van der Waals surface area contributed by atoms with Crippen LogP contribution in [0.15, 0.2) is 30.3 Å². The summed E-state index contributed by atoms with van der Waals surface area (Å²) in [4.78, 5) is 3.33. The van der Waals surface area contributed by atoms with Crippen molar-refractivity contribution in [1.29, 1.82) is 0 Å². The normalized spacial score (nSPS) is 10.7. The molecule has 94 valence electrons. The maximum Gasteiger partial charge on any atom is 0.250 e. The van der Waals surface area contributed by atoms with Crippen LogP contribution >= 0.6 is 11.6 Å². The van der Waals surface area contributed by atoms with Gasteiger partial charge in [-0.3, -0.25) is 0 Å². The lowest BCUT2D eigenvalue weighted by molar-refractivity contribution is 0.480. The van der Waals surface area contributed by atoms with E-state index in [0.29, 0.717) is 5.56 Å². The van der Waals surface area contributed by atoms with Gasteiger partial charge in [-0.1, -0.05) is 49.2 Å². The molecule has 1 nitrogen and oxygen atoms in total. The SMILES string of the molecule is CCCc1ccc(-c2cc(F)c(F)nc2Cl)cc1. The minimum atomic E-state index is -1.17. The second-order valence-electron chi connectivity index (χ2n) is 4.05. The molecule has 0 saturated heterocycles. The predicted molar refractivity (Wildman–Crippen MR) is 68.6 cm³/mol. The summed E-state index contributed by atoms with van der Waals surface area (Å²) in [6.07, 6.45) is 2.05. The molecule has 4 heteroatoms. The van der Waals surface area contributed by atoms with Gasteiger partial charge in [-0.05, 0) is 23.6 Å². The third-order valence-corrected chi connectivity index (χ3v) is 2.98. The molecule has 1 aromatic heterocycles. The summed E-state index contributed by atoms with van der Waals surface area (Å²) in [5.74, 6) is -2.17. The van der Waals surface area contributed by atoms with Gasteiger partial charge in [0.15, 0.2) is 5.82 Å². The van der Waals surface area contributed by atoms with E-state index in [1.54, 1.807) is 0 Å². The second-order valence-corrected chi connectivity index (χ2v) is 4.40. The number of rotatable bonds is 3. The molecule has 1 aromatic carbocycles. The largest absolute Gasteiger partial charge is 0.250 e. The summed E-state index contributed by atoms with van der Waals surface area (Å²) >= 11 is 5.82. The molecular formula is C14H12ClF2N. The van der Waals surface area contributed by atoms with Crippen LogP contribution < -0.4 is 0 Å². The fourth-order valence-corrected chi connectivity index (χ4v) is 2.03. The van der Waals surface area contributed by atoms with Crippen molar-refractivity contribution in [2.45, 2.75) is 19.8 Å². The number of hydrogen-bond donors (Lipinski definition) is 0. The van der Waals surface area contributed by atoms with Crippen LogP contribution in [0.1, 0.15) is 18.9 Å². The van der Waals surface area contributed by atoms with Crippen LogP contribution in [0.2, 0.25) is 5.15 Å². The van der Waals surface area contributed by atoms with Crippen LogP contribution in [-0.2, 0) is 6.42 Å². The highest BCUT2D eigenvalue weighted by atomic mass is 35.5. The van der Waals surface area contributed by atoms with Crippen molar-refractivity contribution in [2.75, 3.05) is 0 Å². The minimum Gasteiger partial charge on any atom is -0.205 e. The van der Waals surface area contributed by atoms with Crippen molar-refractivity contribution in [2.24, 2.45) is 0 Å². The van der Waals surface area contributed by atoms with Gasteiger partial charge in [0, 0.05) is 5.56 Å². The molecule has 0 saturated carbocycles. The fraction of sp³-hybridized carbons (Fsp3) is 0.214. The Bertz CT molecular complexity index is 552. The average molecular weight is 268 g/mol. The molecule has 0 aliphatic carbocycles. The lowest BCUT2D eigenvalue weighted by atomic mass is 10.0. The lowest BCUT2D eigenvalue weighted by Gasteiger charge is -2.06. The highest BCUT2D eigenvalue weighted by Gasteiger charge is 2.11. The van der Waals surface area contributed by atoms with Crippen molar-refractivity contribution >= 4 is 11.6 Å². The van der Waals surface area contributed by atoms with E-state index in [2.05, 4.69) is 11.9 Å². The zero-order chi connectivity index (χ0) is 13.1. The summed E-state index contributed by atoms with van der Waals surface area (Å²) in [7, 11) is 0. The van der Waals surface area contributed by atoms with E-state index in [4.69, 9.17) is 11.6 Å². The van der Waals surface area contributed by atoms with Crippen LogP contribution in [0, 0.1) is 11.8 Å². The number of aryl methyl sites for hydroxylation is 1. The number of benzene rings is 1. The van der Waals surface area contributed by atoms with Crippen LogP contribution in [0.3, 0.4) is 0 Å². The monoisotopic (exact) mass is 267 g/mol. The van der Waals surface area contributed by atoms with Gasteiger partial charge in [0.1, 0.15) is 5.15 Å². The fourth-order valence-electron chi connectivity index (χ4n) is 1.79. The maximum atomic E-state index is 13.1. The molecule has 2 aromatic rings. The second kappa shape index (κ2) is 5.44. The van der Waals surface area contributed by atoms with Crippen LogP contribution in [-0.4, -0.2) is 4.98 Å². The van der Waals surface area contributed by atoms with E-state index in [1.165, 1.54) is 5.56 Å². The maximum absolute atomic E-state index is 13.1. The Morgan fingerprint density at radius 3 is 2.44 bits per heavy atom. The third-order valence-electron chi connectivity index (χ3n) is 2.69. The molecule has 0 spiro atoms. The molecule has 18 heavy (non-hydrogen) atoms. The first-order valence-electron chi connectivity index (χ1n) is 5.72. The Morgan fingerprint density at radius 1 is 1.17 bits per heavy atom. The Labute approximate surface area is 109 Å². The van der Waals surface area contributed by atoms with Crippen molar-refractivity contribution in [3.63, 3.8) is 0 Å². The van der Waals surface area contributed by atoms with Gasteiger partial charge < -0.3 is 0 Å². The molecule has 0 unspecified atom stereocenters. The van der Waals surface area contributed by atoms with Gasteiger partial charge >= 0.3 is 0 Å². The number of halogens is 3. The lowest BCUT2D eigenvalue weighted by Crippen LogP contribution is -1.93. The quantitative estimate of drug-likeness (QED) is 0.739. The van der Waals surface area contributed by atoms with E-state index in [-0.39, 0.29) is 5.15 Å². The van der Waals surface area contributed by atoms with Crippen LogP contribution in [0.5, 0.6) is 0 Å². The Balaban J connectivity index is 2.39. The molecule has 0 bridgehead atoms. The zero-order valence-corrected chi connectivity index (χ0v) is 10.6. The first-order valence-corrected chi connectivity index (χ1v) is 6.10. The third kappa shape index (κ3) is 2.67. The van der Waals surface area contributed by atoms with Crippen LogP contribution in [0.4, 0.5) is 8.78 Å². The van der Waals surface area contributed by atoms with Crippen molar-refractivity contribution in [3.05, 3.63) is 52.8 Å². The standard InChI is InChI=1S/C14H12ClF2N/c1-2-3-9-4-6-10(7-5-9)11-8-12(16)14(17)18-13(11)15/h4-8H,2-3H2,1H3. The summed E-state index contributed by atoms with van der Waals surface area (Å²) in [6, 6.07) is 8.66. The van der Waals surface area contributed by atoms with E-state index in [9.17, 15) is 8.78 Å². The molecule has 0 amide bonds. The van der Waals surface area contributed by atoms with E-state index in [0.717, 1.165) is 24.5 Å². The topological polar surface area (TPSA) is 12.9 Å². The van der Waals surface area contributed by atoms with Gasteiger partial charge in [0.05, 0.1) is 0 Å².